The van der Waals surface area contributed by atoms with Crippen molar-refractivity contribution in [3.05, 3.63) is 0 Å². The van der Waals surface area contributed by atoms with Crippen molar-refractivity contribution in [2.75, 3.05) is 14.2 Å². The lowest BCUT2D eigenvalue weighted by Crippen LogP contribution is -2.48. The molecule has 1 N–H and O–H groups in total. The van der Waals surface area contributed by atoms with Gasteiger partial charge in [-0.1, -0.05) is 19.3 Å². The van der Waals surface area contributed by atoms with E-state index in [9.17, 15) is 9.90 Å². The quantitative estimate of drug-likeness (QED) is 0.647. The highest BCUT2D eigenvalue weighted by Crippen LogP contribution is 2.29. The molecule has 0 bridgehead atoms. The second-order valence-electron chi connectivity index (χ2n) is 3.58. The van der Waals surface area contributed by atoms with E-state index in [0.717, 1.165) is 24.3 Å². The van der Waals surface area contributed by atoms with Gasteiger partial charge in [0.05, 0.1) is 7.11 Å². The molecule has 0 spiro atoms. The van der Waals surface area contributed by atoms with Crippen LogP contribution in [0.5, 0.6) is 0 Å². The molecule has 0 saturated heterocycles. The van der Waals surface area contributed by atoms with Crippen LogP contribution in [0.25, 0.3) is 0 Å². The Hall–Kier alpha value is -0.610. The van der Waals surface area contributed by atoms with Crippen molar-refractivity contribution in [2.45, 2.75) is 37.7 Å². The summed E-state index contributed by atoms with van der Waals surface area (Å²) in [5, 5.41) is 11.1. The molecule has 1 aliphatic carbocycles. The molecule has 1 fully saturated rings. The minimum absolute atomic E-state index is 0.324. The number of hydroxylamine groups is 2. The predicted octanol–water partition coefficient (Wildman–Crippen LogP) is 0.701. The molecule has 0 unspecified atom stereocenters. The summed E-state index contributed by atoms with van der Waals surface area (Å²) in [5.41, 5.74) is -1.18. The molecule has 76 valence electrons. The van der Waals surface area contributed by atoms with E-state index in [1.807, 2.05) is 0 Å². The molecule has 13 heavy (non-hydrogen) atoms. The SMILES string of the molecule is CON(C)C(=O)C1(O)CCCCC1. The third kappa shape index (κ3) is 2.19. The van der Waals surface area contributed by atoms with Crippen LogP contribution >= 0.6 is 0 Å². The molecule has 1 rings (SSSR count). The molecule has 1 saturated carbocycles. The first-order chi connectivity index (χ1) is 6.10. The van der Waals surface area contributed by atoms with E-state index in [0.29, 0.717) is 12.8 Å². The monoisotopic (exact) mass is 187 g/mol. The summed E-state index contributed by atoms with van der Waals surface area (Å²) in [7, 11) is 2.94. The van der Waals surface area contributed by atoms with Crippen LogP contribution in [-0.4, -0.2) is 35.8 Å². The zero-order valence-electron chi connectivity index (χ0n) is 8.25. The van der Waals surface area contributed by atoms with Gasteiger partial charge in [-0.05, 0) is 12.8 Å². The van der Waals surface area contributed by atoms with Gasteiger partial charge in [-0.3, -0.25) is 9.63 Å². The van der Waals surface area contributed by atoms with Crippen molar-refractivity contribution in [1.82, 2.24) is 5.06 Å². The van der Waals surface area contributed by atoms with Gasteiger partial charge >= 0.3 is 0 Å². The Kier molecular flexibility index (Phi) is 3.27. The number of carbonyl (C=O) groups is 1. The van der Waals surface area contributed by atoms with Gasteiger partial charge in [0.15, 0.2) is 0 Å². The standard InChI is InChI=1S/C9H17NO3/c1-10(13-2)8(11)9(12)6-4-3-5-7-9/h12H,3-7H2,1-2H3. The summed E-state index contributed by atoms with van der Waals surface area (Å²) in [6.45, 7) is 0. The molecule has 0 heterocycles. The van der Waals surface area contributed by atoms with E-state index in [-0.39, 0.29) is 5.91 Å². The lowest BCUT2D eigenvalue weighted by atomic mass is 9.84. The second-order valence-corrected chi connectivity index (χ2v) is 3.58. The van der Waals surface area contributed by atoms with E-state index >= 15 is 0 Å². The minimum atomic E-state index is -1.18. The predicted molar refractivity (Wildman–Crippen MR) is 47.8 cm³/mol. The number of hydrogen-bond donors (Lipinski definition) is 1. The lowest BCUT2D eigenvalue weighted by Gasteiger charge is -2.32. The number of rotatable bonds is 2. The molecule has 0 aromatic carbocycles. The third-order valence-corrected chi connectivity index (χ3v) is 2.64. The van der Waals surface area contributed by atoms with Gasteiger partial charge in [-0.25, -0.2) is 5.06 Å². The number of hydrogen-bond acceptors (Lipinski definition) is 3. The Morgan fingerprint density at radius 3 is 2.38 bits per heavy atom. The molecular weight excluding hydrogens is 170 g/mol. The van der Waals surface area contributed by atoms with Crippen molar-refractivity contribution < 1.29 is 14.7 Å². The molecule has 4 nitrogen and oxygen atoms in total. The largest absolute Gasteiger partial charge is 0.380 e. The second kappa shape index (κ2) is 4.07. The maximum Gasteiger partial charge on any atom is 0.277 e. The molecule has 1 amide bonds. The van der Waals surface area contributed by atoms with Crippen molar-refractivity contribution in [2.24, 2.45) is 0 Å². The average Bonchev–Trinajstić information content (AvgIpc) is 2.16. The topological polar surface area (TPSA) is 49.8 Å². The highest BCUT2D eigenvalue weighted by Gasteiger charge is 2.39. The summed E-state index contributed by atoms with van der Waals surface area (Å²) >= 11 is 0. The zero-order valence-corrected chi connectivity index (χ0v) is 8.25. The van der Waals surface area contributed by atoms with Crippen molar-refractivity contribution in [3.63, 3.8) is 0 Å². The summed E-state index contributed by atoms with van der Waals surface area (Å²) in [5.74, 6) is -0.324. The fourth-order valence-electron chi connectivity index (χ4n) is 1.73. The van der Waals surface area contributed by atoms with Crippen LogP contribution in [0, 0.1) is 0 Å². The van der Waals surface area contributed by atoms with Gasteiger partial charge in [0.2, 0.25) is 0 Å². The van der Waals surface area contributed by atoms with Crippen LogP contribution < -0.4 is 0 Å². The molecule has 0 aromatic rings. The first-order valence-corrected chi connectivity index (χ1v) is 4.65. The molecule has 4 heteroatoms. The Morgan fingerprint density at radius 2 is 1.92 bits per heavy atom. The average molecular weight is 187 g/mol. The van der Waals surface area contributed by atoms with Gasteiger partial charge in [0, 0.05) is 7.05 Å². The molecule has 0 atom stereocenters. The number of nitrogens with zero attached hydrogens (tertiary/aromatic N) is 1. The Bertz CT molecular complexity index is 187. The normalized spacial score (nSPS) is 21.2. The van der Waals surface area contributed by atoms with Crippen LogP contribution in [0.1, 0.15) is 32.1 Å². The summed E-state index contributed by atoms with van der Waals surface area (Å²) in [6, 6.07) is 0. The van der Waals surface area contributed by atoms with Gasteiger partial charge in [-0.2, -0.15) is 0 Å². The number of aliphatic hydroxyl groups is 1. The molecule has 0 radical (unpaired) electrons. The highest BCUT2D eigenvalue weighted by molar-refractivity contribution is 5.83. The van der Waals surface area contributed by atoms with E-state index in [1.54, 1.807) is 0 Å². The lowest BCUT2D eigenvalue weighted by molar-refractivity contribution is -0.191. The smallest absolute Gasteiger partial charge is 0.277 e. The Labute approximate surface area is 78.4 Å². The fourth-order valence-corrected chi connectivity index (χ4v) is 1.73. The number of likely N-dealkylation sites (N-methyl/N-ethyl adjacent to an activating group) is 1. The van der Waals surface area contributed by atoms with Gasteiger partial charge in [0.25, 0.3) is 5.91 Å². The van der Waals surface area contributed by atoms with Gasteiger partial charge in [-0.15, -0.1) is 0 Å². The van der Waals surface area contributed by atoms with Crippen molar-refractivity contribution >= 4 is 5.91 Å². The van der Waals surface area contributed by atoms with E-state index in [1.165, 1.54) is 14.2 Å². The van der Waals surface area contributed by atoms with Crippen LogP contribution in [0.3, 0.4) is 0 Å². The Balaban J connectivity index is 2.61. The summed E-state index contributed by atoms with van der Waals surface area (Å²) < 4.78 is 0. The molecule has 1 aliphatic rings. The summed E-state index contributed by atoms with van der Waals surface area (Å²) in [4.78, 5) is 16.4. The van der Waals surface area contributed by atoms with E-state index < -0.39 is 5.60 Å². The number of carbonyl (C=O) groups excluding carboxylic acids is 1. The van der Waals surface area contributed by atoms with Crippen molar-refractivity contribution in [1.29, 1.82) is 0 Å². The Morgan fingerprint density at radius 1 is 1.38 bits per heavy atom. The van der Waals surface area contributed by atoms with E-state index in [4.69, 9.17) is 4.84 Å². The maximum absolute atomic E-state index is 11.6. The van der Waals surface area contributed by atoms with Crippen LogP contribution in [0.4, 0.5) is 0 Å². The number of amides is 1. The van der Waals surface area contributed by atoms with Gasteiger partial charge in [0.1, 0.15) is 5.60 Å². The zero-order chi connectivity index (χ0) is 9.90. The van der Waals surface area contributed by atoms with Crippen LogP contribution in [-0.2, 0) is 9.63 Å². The summed E-state index contributed by atoms with van der Waals surface area (Å²) in [6.07, 6.45) is 4.05. The highest BCUT2D eigenvalue weighted by atomic mass is 16.7. The third-order valence-electron chi connectivity index (χ3n) is 2.64. The molecule has 0 aromatic heterocycles. The first-order valence-electron chi connectivity index (χ1n) is 4.65. The molecular formula is C9H17NO3. The van der Waals surface area contributed by atoms with Crippen LogP contribution in [0.15, 0.2) is 0 Å². The minimum Gasteiger partial charge on any atom is -0.380 e. The fraction of sp³-hybridized carbons (Fsp3) is 0.889. The first kappa shape index (κ1) is 10.5. The van der Waals surface area contributed by atoms with Crippen LogP contribution in [0.2, 0.25) is 0 Å². The van der Waals surface area contributed by atoms with Gasteiger partial charge < -0.3 is 5.11 Å². The van der Waals surface area contributed by atoms with E-state index in [2.05, 4.69) is 0 Å². The van der Waals surface area contributed by atoms with Crippen molar-refractivity contribution in [3.8, 4) is 0 Å². The maximum atomic E-state index is 11.6. The molecule has 0 aliphatic heterocycles.